The van der Waals surface area contributed by atoms with E-state index in [0.717, 1.165) is 12.5 Å². The highest BCUT2D eigenvalue weighted by Crippen LogP contribution is 2.23. The van der Waals surface area contributed by atoms with Crippen LogP contribution in [0, 0.1) is 5.92 Å². The number of hydrogen-bond donors (Lipinski definition) is 1. The van der Waals surface area contributed by atoms with E-state index in [0.29, 0.717) is 6.10 Å². The minimum atomic E-state index is 0. The summed E-state index contributed by atoms with van der Waals surface area (Å²) < 4.78 is 5.78. The lowest BCUT2D eigenvalue weighted by molar-refractivity contribution is -0.0190. The van der Waals surface area contributed by atoms with Crippen LogP contribution in [0.25, 0.3) is 0 Å². The lowest BCUT2D eigenvalue weighted by Gasteiger charge is -2.29. The third kappa shape index (κ3) is 3.45. The van der Waals surface area contributed by atoms with E-state index in [9.17, 15) is 0 Å². The molecule has 0 amide bonds. The van der Waals surface area contributed by atoms with Gasteiger partial charge < -0.3 is 10.1 Å². The second-order valence-electron chi connectivity index (χ2n) is 4.10. The normalized spacial score (nSPS) is 29.1. The van der Waals surface area contributed by atoms with E-state index in [-0.39, 0.29) is 12.4 Å². The van der Waals surface area contributed by atoms with Crippen LogP contribution in [0.5, 0.6) is 0 Å². The highest BCUT2D eigenvalue weighted by atomic mass is 35.5. The maximum absolute atomic E-state index is 5.78. The number of rotatable bonds is 3. The molecule has 0 radical (unpaired) electrons. The number of halogens is 1. The number of piperidine rings is 1. The van der Waals surface area contributed by atoms with Crippen LogP contribution in [-0.2, 0) is 4.74 Å². The number of ether oxygens (including phenoxy) is 1. The molecule has 3 heteroatoms. The maximum atomic E-state index is 5.78. The summed E-state index contributed by atoms with van der Waals surface area (Å²) in [6.07, 6.45) is 7.30. The van der Waals surface area contributed by atoms with E-state index >= 15 is 0 Å². The molecule has 1 aliphatic heterocycles. The van der Waals surface area contributed by atoms with Gasteiger partial charge in [-0.2, -0.15) is 0 Å². The molecule has 1 atom stereocenters. The Balaban J connectivity index is 0.000000845. The Bertz CT molecular complexity index is 133. The Morgan fingerprint density at radius 2 is 2.00 bits per heavy atom. The van der Waals surface area contributed by atoms with E-state index in [1.165, 1.54) is 45.2 Å². The first-order valence-corrected chi connectivity index (χ1v) is 5.27. The van der Waals surface area contributed by atoms with Crippen molar-refractivity contribution in [2.45, 2.75) is 38.2 Å². The first-order valence-electron chi connectivity index (χ1n) is 5.27. The van der Waals surface area contributed by atoms with Gasteiger partial charge in [0, 0.05) is 6.54 Å². The van der Waals surface area contributed by atoms with Crippen molar-refractivity contribution in [2.24, 2.45) is 5.92 Å². The van der Waals surface area contributed by atoms with Crippen molar-refractivity contribution in [1.29, 1.82) is 0 Å². The van der Waals surface area contributed by atoms with Gasteiger partial charge in [0.1, 0.15) is 0 Å². The summed E-state index contributed by atoms with van der Waals surface area (Å²) in [6.45, 7) is 3.38. The van der Waals surface area contributed by atoms with E-state index in [1.54, 1.807) is 0 Å². The lowest BCUT2D eigenvalue weighted by atomic mass is 9.95. The van der Waals surface area contributed by atoms with Gasteiger partial charge in [0.15, 0.2) is 0 Å². The smallest absolute Gasteiger partial charge is 0.0575 e. The summed E-state index contributed by atoms with van der Waals surface area (Å²) in [5.41, 5.74) is 0. The quantitative estimate of drug-likeness (QED) is 0.761. The van der Waals surface area contributed by atoms with Crippen molar-refractivity contribution in [2.75, 3.05) is 19.7 Å². The zero-order chi connectivity index (χ0) is 8.23. The molecule has 1 aliphatic carbocycles. The number of hydrogen-bond acceptors (Lipinski definition) is 2. The summed E-state index contributed by atoms with van der Waals surface area (Å²) in [4.78, 5) is 0. The van der Waals surface area contributed by atoms with Gasteiger partial charge in [-0.3, -0.25) is 0 Å². The Labute approximate surface area is 86.8 Å². The van der Waals surface area contributed by atoms with Crippen LogP contribution < -0.4 is 5.32 Å². The van der Waals surface area contributed by atoms with Crippen molar-refractivity contribution in [3.63, 3.8) is 0 Å². The highest BCUT2D eigenvalue weighted by molar-refractivity contribution is 5.85. The molecule has 2 fully saturated rings. The topological polar surface area (TPSA) is 21.3 Å². The van der Waals surface area contributed by atoms with Gasteiger partial charge in [0.25, 0.3) is 0 Å². The molecular weight excluding hydrogens is 186 g/mol. The fourth-order valence-electron chi connectivity index (χ4n) is 1.88. The Morgan fingerprint density at radius 3 is 2.54 bits per heavy atom. The summed E-state index contributed by atoms with van der Waals surface area (Å²) in [5, 5.41) is 3.41. The van der Waals surface area contributed by atoms with Crippen LogP contribution >= 0.6 is 12.4 Å². The zero-order valence-corrected chi connectivity index (χ0v) is 8.94. The van der Waals surface area contributed by atoms with Gasteiger partial charge in [-0.15, -0.1) is 12.4 Å². The van der Waals surface area contributed by atoms with Gasteiger partial charge in [-0.1, -0.05) is 0 Å². The average molecular weight is 206 g/mol. The van der Waals surface area contributed by atoms with Crippen molar-refractivity contribution in [3.05, 3.63) is 0 Å². The molecule has 1 unspecified atom stereocenters. The molecule has 0 aromatic rings. The van der Waals surface area contributed by atoms with Crippen molar-refractivity contribution < 1.29 is 4.74 Å². The molecule has 0 spiro atoms. The van der Waals surface area contributed by atoms with Crippen LogP contribution in [0.1, 0.15) is 32.1 Å². The van der Waals surface area contributed by atoms with Crippen LogP contribution in [0.4, 0.5) is 0 Å². The second-order valence-corrected chi connectivity index (χ2v) is 4.10. The molecule has 2 rings (SSSR count). The predicted molar refractivity (Wildman–Crippen MR) is 56.4 cm³/mol. The molecule has 2 aliphatic rings. The standard InChI is InChI=1S/C10H19NO.ClH/c1-4-10(5-1)12-8-9-3-2-6-11-7-9;/h9-11H,1-8H2;1H. The molecule has 0 bridgehead atoms. The van der Waals surface area contributed by atoms with Gasteiger partial charge in [-0.05, 0) is 44.6 Å². The SMILES string of the molecule is C1CNCC(COC2CCC2)C1.Cl. The maximum Gasteiger partial charge on any atom is 0.0575 e. The highest BCUT2D eigenvalue weighted by Gasteiger charge is 2.20. The number of nitrogens with one attached hydrogen (secondary N) is 1. The summed E-state index contributed by atoms with van der Waals surface area (Å²) in [7, 11) is 0. The molecule has 78 valence electrons. The summed E-state index contributed by atoms with van der Waals surface area (Å²) >= 11 is 0. The molecule has 0 aromatic carbocycles. The van der Waals surface area contributed by atoms with E-state index < -0.39 is 0 Å². The van der Waals surface area contributed by atoms with Gasteiger partial charge in [-0.25, -0.2) is 0 Å². The summed E-state index contributed by atoms with van der Waals surface area (Å²) in [5.74, 6) is 0.791. The Hall–Kier alpha value is 0.210. The Morgan fingerprint density at radius 1 is 1.15 bits per heavy atom. The third-order valence-electron chi connectivity index (χ3n) is 3.02. The molecule has 2 nitrogen and oxygen atoms in total. The predicted octanol–water partition coefficient (Wildman–Crippen LogP) is 1.98. The van der Waals surface area contributed by atoms with E-state index in [4.69, 9.17) is 4.74 Å². The molecule has 13 heavy (non-hydrogen) atoms. The lowest BCUT2D eigenvalue weighted by Crippen LogP contribution is -2.34. The molecule has 0 aromatic heterocycles. The minimum absolute atomic E-state index is 0. The second kappa shape index (κ2) is 5.84. The fraction of sp³-hybridized carbons (Fsp3) is 1.00. The van der Waals surface area contributed by atoms with Gasteiger partial charge in [0.05, 0.1) is 12.7 Å². The van der Waals surface area contributed by atoms with Crippen LogP contribution in [0.3, 0.4) is 0 Å². The van der Waals surface area contributed by atoms with Crippen molar-refractivity contribution in [1.82, 2.24) is 5.32 Å². The molecule has 1 saturated heterocycles. The average Bonchev–Trinajstić information content (AvgIpc) is 2.04. The van der Waals surface area contributed by atoms with Crippen molar-refractivity contribution in [3.8, 4) is 0 Å². The van der Waals surface area contributed by atoms with E-state index in [1.807, 2.05) is 0 Å². The van der Waals surface area contributed by atoms with Crippen LogP contribution in [0.15, 0.2) is 0 Å². The van der Waals surface area contributed by atoms with Gasteiger partial charge >= 0.3 is 0 Å². The Kier molecular flexibility index (Phi) is 5.07. The molecule has 1 N–H and O–H groups in total. The van der Waals surface area contributed by atoms with Gasteiger partial charge in [0.2, 0.25) is 0 Å². The fourth-order valence-corrected chi connectivity index (χ4v) is 1.88. The molecule has 1 heterocycles. The van der Waals surface area contributed by atoms with E-state index in [2.05, 4.69) is 5.32 Å². The summed E-state index contributed by atoms with van der Waals surface area (Å²) in [6, 6.07) is 0. The van der Waals surface area contributed by atoms with Crippen molar-refractivity contribution >= 4 is 12.4 Å². The largest absolute Gasteiger partial charge is 0.378 e. The first-order chi connectivity index (χ1) is 5.95. The van der Waals surface area contributed by atoms with Crippen LogP contribution in [0.2, 0.25) is 0 Å². The molecular formula is C10H20ClNO. The molecule has 1 saturated carbocycles. The zero-order valence-electron chi connectivity index (χ0n) is 8.13. The monoisotopic (exact) mass is 205 g/mol. The third-order valence-corrected chi connectivity index (χ3v) is 3.02. The first kappa shape index (κ1) is 11.3. The minimum Gasteiger partial charge on any atom is -0.378 e. The van der Waals surface area contributed by atoms with Crippen LogP contribution in [-0.4, -0.2) is 25.8 Å².